The minimum absolute atomic E-state index is 0.223. The van der Waals surface area contributed by atoms with E-state index in [1.165, 1.54) is 0 Å². The fraction of sp³-hybridized carbons (Fsp3) is 0.778. The van der Waals surface area contributed by atoms with Gasteiger partial charge < -0.3 is 21.3 Å². The van der Waals surface area contributed by atoms with Gasteiger partial charge in [0.2, 0.25) is 3.79 Å². The second-order valence-electron chi connectivity index (χ2n) is 3.71. The van der Waals surface area contributed by atoms with E-state index in [-0.39, 0.29) is 12.8 Å². The number of carbonyl (C=O) groups excluding carboxylic acids is 1. The molecule has 18 heavy (non-hydrogen) atoms. The molecule has 0 rings (SSSR count). The van der Waals surface area contributed by atoms with Crippen LogP contribution in [0.3, 0.4) is 0 Å². The Kier molecular flexibility index (Phi) is 7.89. The molecule has 0 fully saturated rings. The fourth-order valence-electron chi connectivity index (χ4n) is 1.06. The highest BCUT2D eigenvalue weighted by molar-refractivity contribution is 6.67. The molecule has 106 valence electrons. The van der Waals surface area contributed by atoms with E-state index in [1.807, 2.05) is 0 Å². The standard InChI is InChI=1S/C9H15Cl3N2O4/c10-9(11,12)4-18-8(17)6(14)3-1-2-5(13)7(15)16/h5-6H,1-4,13-14H2,(H,15,16)/t5-,6?/m0/s1. The maximum Gasteiger partial charge on any atom is 0.323 e. The van der Waals surface area contributed by atoms with Crippen LogP contribution >= 0.6 is 34.8 Å². The molecule has 6 nitrogen and oxygen atoms in total. The Morgan fingerprint density at radius 2 is 1.67 bits per heavy atom. The maximum atomic E-state index is 11.3. The molecule has 0 heterocycles. The van der Waals surface area contributed by atoms with Crippen LogP contribution in [0.5, 0.6) is 0 Å². The molecule has 0 radical (unpaired) electrons. The second kappa shape index (κ2) is 8.01. The summed E-state index contributed by atoms with van der Waals surface area (Å²) in [5.74, 6) is -1.80. The van der Waals surface area contributed by atoms with Gasteiger partial charge in [0.05, 0.1) is 0 Å². The van der Waals surface area contributed by atoms with Gasteiger partial charge in [-0.2, -0.15) is 0 Å². The lowest BCUT2D eigenvalue weighted by atomic mass is 10.1. The SMILES string of the molecule is NC(CCC[C@H](N)C(=O)O)C(=O)OCC(Cl)(Cl)Cl. The van der Waals surface area contributed by atoms with Gasteiger partial charge in [-0.05, 0) is 19.3 Å². The van der Waals surface area contributed by atoms with Crippen LogP contribution in [-0.2, 0) is 14.3 Å². The minimum atomic E-state index is -1.68. The van der Waals surface area contributed by atoms with Crippen molar-refractivity contribution in [2.24, 2.45) is 11.5 Å². The number of alkyl halides is 3. The number of hydrogen-bond acceptors (Lipinski definition) is 5. The first kappa shape index (κ1) is 17.7. The van der Waals surface area contributed by atoms with Crippen molar-refractivity contribution in [2.45, 2.75) is 35.1 Å². The zero-order valence-corrected chi connectivity index (χ0v) is 11.7. The first-order valence-corrected chi connectivity index (χ1v) is 6.24. The summed E-state index contributed by atoms with van der Waals surface area (Å²) >= 11 is 16.2. The monoisotopic (exact) mass is 320 g/mol. The number of rotatable bonds is 7. The molecule has 0 amide bonds. The summed E-state index contributed by atoms with van der Waals surface area (Å²) in [5.41, 5.74) is 10.8. The van der Waals surface area contributed by atoms with Gasteiger partial charge in [0.1, 0.15) is 18.7 Å². The maximum absolute atomic E-state index is 11.3. The van der Waals surface area contributed by atoms with Crippen molar-refractivity contribution in [3.8, 4) is 0 Å². The molecule has 0 bridgehead atoms. The molecule has 1 unspecified atom stereocenters. The Morgan fingerprint density at radius 3 is 2.11 bits per heavy atom. The Labute approximate surface area is 119 Å². The van der Waals surface area contributed by atoms with Gasteiger partial charge in [0.15, 0.2) is 0 Å². The molecule has 0 aromatic heterocycles. The Hall–Kier alpha value is -0.270. The third-order valence-electron chi connectivity index (χ3n) is 2.03. The van der Waals surface area contributed by atoms with Gasteiger partial charge in [-0.1, -0.05) is 34.8 Å². The van der Waals surface area contributed by atoms with Gasteiger partial charge in [0.25, 0.3) is 0 Å². The highest BCUT2D eigenvalue weighted by atomic mass is 35.6. The van der Waals surface area contributed by atoms with Crippen molar-refractivity contribution >= 4 is 46.7 Å². The average Bonchev–Trinajstić information content (AvgIpc) is 2.24. The number of hydrogen-bond donors (Lipinski definition) is 3. The topological polar surface area (TPSA) is 116 Å². The summed E-state index contributed by atoms with van der Waals surface area (Å²) in [7, 11) is 0. The number of esters is 1. The molecule has 9 heteroatoms. The number of carboxylic acids is 1. The van der Waals surface area contributed by atoms with Crippen molar-refractivity contribution < 1.29 is 19.4 Å². The van der Waals surface area contributed by atoms with Crippen molar-refractivity contribution in [3.63, 3.8) is 0 Å². The van der Waals surface area contributed by atoms with Crippen molar-refractivity contribution in [1.29, 1.82) is 0 Å². The van der Waals surface area contributed by atoms with Gasteiger partial charge in [-0.25, -0.2) is 0 Å². The number of nitrogens with two attached hydrogens (primary N) is 2. The number of aliphatic carboxylic acids is 1. The summed E-state index contributed by atoms with van der Waals surface area (Å²) in [6.07, 6.45) is 0.859. The van der Waals surface area contributed by atoms with Gasteiger partial charge in [-0.15, -0.1) is 0 Å². The lowest BCUT2D eigenvalue weighted by molar-refractivity contribution is -0.145. The number of ether oxygens (including phenoxy) is 1. The smallest absolute Gasteiger partial charge is 0.323 e. The molecule has 0 aliphatic rings. The third kappa shape index (κ3) is 8.77. The molecular formula is C9H15Cl3N2O4. The van der Waals surface area contributed by atoms with Crippen molar-refractivity contribution in [3.05, 3.63) is 0 Å². The molecule has 5 N–H and O–H groups in total. The minimum Gasteiger partial charge on any atom is -0.480 e. The molecule has 0 aliphatic heterocycles. The van der Waals surface area contributed by atoms with Crippen LogP contribution in [0.15, 0.2) is 0 Å². The van der Waals surface area contributed by atoms with Crippen LogP contribution in [0.25, 0.3) is 0 Å². The van der Waals surface area contributed by atoms with Crippen LogP contribution in [0.2, 0.25) is 0 Å². The molecule has 0 aliphatic carbocycles. The summed E-state index contributed by atoms with van der Waals surface area (Å²) in [6, 6.07) is -1.85. The number of halogens is 3. The highest BCUT2D eigenvalue weighted by Crippen LogP contribution is 2.26. The molecule has 0 aromatic rings. The Bertz CT molecular complexity index is 296. The van der Waals surface area contributed by atoms with E-state index in [2.05, 4.69) is 4.74 Å². The molecule has 0 aromatic carbocycles. The second-order valence-corrected chi connectivity index (χ2v) is 6.22. The lowest BCUT2D eigenvalue weighted by Crippen LogP contribution is -2.35. The summed E-state index contributed by atoms with van der Waals surface area (Å²) in [4.78, 5) is 21.8. The molecule has 0 saturated heterocycles. The fourth-order valence-corrected chi connectivity index (χ4v) is 1.22. The van der Waals surface area contributed by atoms with Gasteiger partial charge in [-0.3, -0.25) is 9.59 Å². The largest absolute Gasteiger partial charge is 0.480 e. The summed E-state index contributed by atoms with van der Waals surface area (Å²) in [5, 5.41) is 8.54. The molecule has 0 saturated carbocycles. The predicted octanol–water partition coefficient (Wildman–Crippen LogP) is 0.809. The van der Waals surface area contributed by atoms with Gasteiger partial charge in [0, 0.05) is 0 Å². The van der Waals surface area contributed by atoms with E-state index in [0.717, 1.165) is 0 Å². The van der Waals surface area contributed by atoms with E-state index < -0.39 is 34.4 Å². The first-order valence-electron chi connectivity index (χ1n) is 5.11. The Balaban J connectivity index is 3.85. The lowest BCUT2D eigenvalue weighted by Gasteiger charge is -2.15. The normalized spacial score (nSPS) is 14.9. The third-order valence-corrected chi connectivity index (χ3v) is 2.36. The quantitative estimate of drug-likeness (QED) is 0.472. The van der Waals surface area contributed by atoms with E-state index in [1.54, 1.807) is 0 Å². The van der Waals surface area contributed by atoms with Crippen LogP contribution in [0, 0.1) is 0 Å². The zero-order chi connectivity index (χ0) is 14.3. The van der Waals surface area contributed by atoms with Gasteiger partial charge >= 0.3 is 11.9 Å². The highest BCUT2D eigenvalue weighted by Gasteiger charge is 2.24. The van der Waals surface area contributed by atoms with E-state index in [9.17, 15) is 9.59 Å². The van der Waals surface area contributed by atoms with Crippen molar-refractivity contribution in [2.75, 3.05) is 6.61 Å². The number of carbonyl (C=O) groups is 2. The van der Waals surface area contributed by atoms with Crippen LogP contribution in [0.1, 0.15) is 19.3 Å². The molecule has 2 atom stereocenters. The van der Waals surface area contributed by atoms with Crippen LogP contribution in [0.4, 0.5) is 0 Å². The number of carboxylic acid groups (broad SMARTS) is 1. The zero-order valence-electron chi connectivity index (χ0n) is 9.44. The van der Waals surface area contributed by atoms with Crippen LogP contribution in [-0.4, -0.2) is 39.5 Å². The predicted molar refractivity (Wildman–Crippen MR) is 68.7 cm³/mol. The van der Waals surface area contributed by atoms with Crippen LogP contribution < -0.4 is 11.5 Å². The molecule has 0 spiro atoms. The molecular weight excluding hydrogens is 306 g/mol. The summed E-state index contributed by atoms with van der Waals surface area (Å²) < 4.78 is 2.99. The van der Waals surface area contributed by atoms with E-state index in [0.29, 0.717) is 6.42 Å². The average molecular weight is 322 g/mol. The van der Waals surface area contributed by atoms with E-state index in [4.69, 9.17) is 51.4 Å². The first-order chi connectivity index (χ1) is 8.13. The summed E-state index contributed by atoms with van der Waals surface area (Å²) in [6.45, 7) is -0.390. The Morgan fingerprint density at radius 1 is 1.17 bits per heavy atom. The van der Waals surface area contributed by atoms with E-state index >= 15 is 0 Å². The van der Waals surface area contributed by atoms with Crippen molar-refractivity contribution in [1.82, 2.24) is 0 Å².